The highest BCUT2D eigenvalue weighted by molar-refractivity contribution is 7.92. The van der Waals surface area contributed by atoms with Crippen molar-refractivity contribution in [3.05, 3.63) is 93.8 Å². The number of carbonyl (C=O) groups excluding carboxylic acids is 1. The third-order valence-electron chi connectivity index (χ3n) is 9.30. The van der Waals surface area contributed by atoms with Crippen molar-refractivity contribution in [2.24, 2.45) is 5.92 Å². The molecule has 0 radical (unpaired) electrons. The molecule has 3 aromatic rings. The van der Waals surface area contributed by atoms with Crippen LogP contribution in [0.15, 0.2) is 59.5 Å². The molecule has 11 heteroatoms. The number of hydrogen-bond donors (Lipinski definition) is 0. The second kappa shape index (κ2) is 11.4. The Kier molecular flexibility index (Phi) is 7.98. The fraction of sp³-hybridized carbons (Fsp3) is 0.406. The number of benzene rings is 3. The summed E-state index contributed by atoms with van der Waals surface area (Å²) < 4.78 is 75.2. The van der Waals surface area contributed by atoms with Gasteiger partial charge in [0.25, 0.3) is 0 Å². The average molecular weight is 633 g/mol. The van der Waals surface area contributed by atoms with Crippen LogP contribution in [0.1, 0.15) is 42.4 Å². The Balaban J connectivity index is 1.37. The van der Waals surface area contributed by atoms with Crippen LogP contribution in [0.2, 0.25) is 5.02 Å². The normalized spacial score (nSPS) is 22.7. The van der Waals surface area contributed by atoms with E-state index in [1.807, 2.05) is 7.05 Å². The molecule has 2 heterocycles. The van der Waals surface area contributed by atoms with E-state index in [1.165, 1.54) is 12.1 Å². The number of carbonyl (C=O) groups is 1. The van der Waals surface area contributed by atoms with Crippen LogP contribution in [0, 0.1) is 23.4 Å². The van der Waals surface area contributed by atoms with E-state index in [-0.39, 0.29) is 40.3 Å². The molecule has 228 valence electrons. The maximum Gasteiger partial charge on any atom is 0.226 e. The molecule has 6 rings (SSSR count). The molecule has 0 bridgehead atoms. The average Bonchev–Trinajstić information content (AvgIpc) is 3.38. The lowest BCUT2D eigenvalue weighted by Gasteiger charge is -2.43. The van der Waals surface area contributed by atoms with Gasteiger partial charge >= 0.3 is 0 Å². The van der Waals surface area contributed by atoms with E-state index in [4.69, 9.17) is 16.3 Å². The summed E-state index contributed by atoms with van der Waals surface area (Å²) in [7, 11) is -2.07. The van der Waals surface area contributed by atoms with Gasteiger partial charge in [-0.05, 0) is 106 Å². The summed E-state index contributed by atoms with van der Waals surface area (Å²) in [5.74, 6) is -1.93. The van der Waals surface area contributed by atoms with Crippen LogP contribution < -0.4 is 4.74 Å². The highest BCUT2D eigenvalue weighted by atomic mass is 35.5. The van der Waals surface area contributed by atoms with E-state index >= 15 is 0 Å². The second-order valence-electron chi connectivity index (χ2n) is 11.7. The third-order valence-corrected chi connectivity index (χ3v) is 12.2. The summed E-state index contributed by atoms with van der Waals surface area (Å²) in [6.07, 6.45) is 2.59. The van der Waals surface area contributed by atoms with Crippen molar-refractivity contribution in [3.8, 4) is 5.75 Å². The van der Waals surface area contributed by atoms with E-state index in [2.05, 4.69) is 4.90 Å². The molecule has 2 fully saturated rings. The standard InChI is InChI=1S/C32H32ClF3N2O4S/c1-37-13-10-20(11-14-37)31(39)38-15-12-32(43(40,41)25-6-3-22(34)4-7-25)27-8-5-24(16-21(27)2-9-30(32)38)42-19-26-28(33)17-23(35)18-29(26)36/h3-8,16-18,20,30H,2,9-15,19H2,1H3/t30-,32-/m1/s1. The summed E-state index contributed by atoms with van der Waals surface area (Å²) in [6, 6.07) is 11.1. The van der Waals surface area contributed by atoms with Crippen LogP contribution in [-0.4, -0.2) is 56.8 Å². The van der Waals surface area contributed by atoms with Crippen LogP contribution >= 0.6 is 11.6 Å². The maximum atomic E-state index is 14.6. The first kappa shape index (κ1) is 30.0. The van der Waals surface area contributed by atoms with E-state index in [0.29, 0.717) is 30.7 Å². The van der Waals surface area contributed by atoms with Gasteiger partial charge in [-0.1, -0.05) is 17.7 Å². The zero-order chi connectivity index (χ0) is 30.5. The number of rotatable bonds is 6. The zero-order valence-electron chi connectivity index (χ0n) is 23.7. The highest BCUT2D eigenvalue weighted by Crippen LogP contribution is 2.53. The number of amides is 1. The van der Waals surface area contributed by atoms with E-state index < -0.39 is 38.1 Å². The molecule has 3 aliphatic rings. The Bertz CT molecular complexity index is 1640. The monoisotopic (exact) mass is 632 g/mol. The minimum absolute atomic E-state index is 0.00194. The van der Waals surface area contributed by atoms with Crippen LogP contribution in [-0.2, 0) is 32.4 Å². The summed E-state index contributed by atoms with van der Waals surface area (Å²) in [6.45, 7) is 1.68. The molecule has 43 heavy (non-hydrogen) atoms. The smallest absolute Gasteiger partial charge is 0.226 e. The van der Waals surface area contributed by atoms with Crippen LogP contribution in [0.5, 0.6) is 5.75 Å². The number of fused-ring (bicyclic) bond motifs is 3. The largest absolute Gasteiger partial charge is 0.489 e. The second-order valence-corrected chi connectivity index (χ2v) is 14.3. The molecule has 1 aliphatic carbocycles. The molecule has 2 saturated heterocycles. The molecule has 3 aromatic carbocycles. The topological polar surface area (TPSA) is 66.9 Å². The fourth-order valence-corrected chi connectivity index (χ4v) is 9.65. The quantitative estimate of drug-likeness (QED) is 0.317. The van der Waals surface area contributed by atoms with Crippen LogP contribution in [0.25, 0.3) is 0 Å². The lowest BCUT2D eigenvalue weighted by molar-refractivity contribution is -0.138. The van der Waals surface area contributed by atoms with Gasteiger partial charge in [-0.2, -0.15) is 0 Å². The third kappa shape index (κ3) is 5.21. The number of likely N-dealkylation sites (tertiary alicyclic amines) is 2. The number of sulfone groups is 1. The van der Waals surface area contributed by atoms with Crippen molar-refractivity contribution in [1.82, 2.24) is 9.80 Å². The number of ether oxygens (including phenoxy) is 1. The van der Waals surface area contributed by atoms with Crippen molar-refractivity contribution in [2.45, 2.75) is 54.4 Å². The Morgan fingerprint density at radius 2 is 1.70 bits per heavy atom. The SMILES string of the molecule is CN1CCC(C(=O)N2CC[C@@]3(S(=O)(=O)c4ccc(F)cc4)c4ccc(OCc5c(F)cc(F)cc5Cl)cc4CC[C@@H]23)CC1. The lowest BCUT2D eigenvalue weighted by atomic mass is 9.78. The van der Waals surface area contributed by atoms with Crippen LogP contribution in [0.4, 0.5) is 13.2 Å². The Labute approximate surface area is 254 Å². The highest BCUT2D eigenvalue weighted by Gasteiger charge is 2.61. The predicted octanol–water partition coefficient (Wildman–Crippen LogP) is 5.89. The van der Waals surface area contributed by atoms with Crippen molar-refractivity contribution >= 4 is 27.3 Å². The first-order valence-corrected chi connectivity index (χ1v) is 16.3. The first-order chi connectivity index (χ1) is 20.5. The van der Waals surface area contributed by atoms with Gasteiger partial charge in [-0.25, -0.2) is 21.6 Å². The molecule has 2 atom stereocenters. The number of halogens is 4. The van der Waals surface area contributed by atoms with Gasteiger partial charge < -0.3 is 14.5 Å². The summed E-state index contributed by atoms with van der Waals surface area (Å²) >= 11 is 6.03. The van der Waals surface area contributed by atoms with E-state index in [1.54, 1.807) is 23.1 Å². The molecular formula is C32H32ClF3N2O4S. The predicted molar refractivity (Wildman–Crippen MR) is 156 cm³/mol. The van der Waals surface area contributed by atoms with Crippen LogP contribution in [0.3, 0.4) is 0 Å². The number of aryl methyl sites for hydroxylation is 1. The lowest BCUT2D eigenvalue weighted by Crippen LogP contribution is -2.53. The maximum absolute atomic E-state index is 14.6. The van der Waals surface area contributed by atoms with Gasteiger partial charge in [0.1, 0.15) is 34.6 Å². The fourth-order valence-electron chi connectivity index (χ4n) is 7.04. The van der Waals surface area contributed by atoms with Crippen molar-refractivity contribution < 1.29 is 31.1 Å². The number of nitrogens with zero attached hydrogens (tertiary/aromatic N) is 2. The summed E-state index contributed by atoms with van der Waals surface area (Å²) in [5.41, 5.74) is 1.35. The van der Waals surface area contributed by atoms with Gasteiger partial charge in [0.2, 0.25) is 5.91 Å². The Morgan fingerprint density at radius 3 is 2.40 bits per heavy atom. The Hall–Kier alpha value is -3.08. The van der Waals surface area contributed by atoms with Crippen molar-refractivity contribution in [2.75, 3.05) is 26.7 Å². The number of hydrogen-bond acceptors (Lipinski definition) is 5. The van der Waals surface area contributed by atoms with Gasteiger partial charge in [0, 0.05) is 24.1 Å². The summed E-state index contributed by atoms with van der Waals surface area (Å²) in [5, 5.41) is -0.0945. The molecule has 2 aliphatic heterocycles. The molecule has 0 saturated carbocycles. The van der Waals surface area contributed by atoms with Gasteiger partial charge in [0.15, 0.2) is 9.84 Å². The van der Waals surface area contributed by atoms with Crippen molar-refractivity contribution in [1.29, 1.82) is 0 Å². The molecule has 0 unspecified atom stereocenters. The molecule has 0 aromatic heterocycles. The summed E-state index contributed by atoms with van der Waals surface area (Å²) in [4.78, 5) is 17.8. The minimum Gasteiger partial charge on any atom is -0.489 e. The molecule has 6 nitrogen and oxygen atoms in total. The van der Waals surface area contributed by atoms with Gasteiger partial charge in [-0.3, -0.25) is 4.79 Å². The minimum atomic E-state index is -4.09. The van der Waals surface area contributed by atoms with E-state index in [0.717, 1.165) is 55.8 Å². The zero-order valence-corrected chi connectivity index (χ0v) is 25.2. The van der Waals surface area contributed by atoms with Gasteiger partial charge in [-0.15, -0.1) is 0 Å². The molecule has 1 amide bonds. The number of piperidine rings is 1. The van der Waals surface area contributed by atoms with Gasteiger partial charge in [0.05, 0.1) is 16.0 Å². The Morgan fingerprint density at radius 1 is 0.977 bits per heavy atom. The molecule has 0 N–H and O–H groups in total. The van der Waals surface area contributed by atoms with Crippen molar-refractivity contribution in [3.63, 3.8) is 0 Å². The van der Waals surface area contributed by atoms with E-state index in [9.17, 15) is 26.4 Å². The first-order valence-electron chi connectivity index (χ1n) is 14.4. The molecule has 0 spiro atoms. The molecular weight excluding hydrogens is 601 g/mol.